The number of esters is 4. The predicted molar refractivity (Wildman–Crippen MR) is 218 cm³/mol. The van der Waals surface area contributed by atoms with Crippen molar-refractivity contribution in [2.45, 2.75) is 108 Å². The Kier molecular flexibility index (Phi) is 11.8. The lowest BCUT2D eigenvalue weighted by Crippen LogP contribution is -2.82. The monoisotopic (exact) mass is 853 g/mol. The number of nitrogens with one attached hydrogen (secondary N) is 1. The van der Waals surface area contributed by atoms with Crippen molar-refractivity contribution >= 4 is 35.6 Å². The molecule has 3 fully saturated rings. The number of hydrogen-bond acceptors (Lipinski definition) is 14. The van der Waals surface area contributed by atoms with Crippen LogP contribution in [0.4, 0.5) is 0 Å². The highest BCUT2D eigenvalue weighted by Gasteiger charge is 2.78. The van der Waals surface area contributed by atoms with Crippen molar-refractivity contribution in [1.82, 2.24) is 5.32 Å². The van der Waals surface area contributed by atoms with Gasteiger partial charge < -0.3 is 44.3 Å². The van der Waals surface area contributed by atoms with Crippen LogP contribution in [0.25, 0.3) is 0 Å². The molecule has 3 aliphatic carbocycles. The van der Waals surface area contributed by atoms with Crippen molar-refractivity contribution in [3.05, 3.63) is 119 Å². The molecule has 4 N–H and O–H groups in total. The number of hydrogen-bond donors (Lipinski definition) is 4. The minimum atomic E-state index is -2.39. The van der Waals surface area contributed by atoms with Crippen LogP contribution < -0.4 is 5.32 Å². The van der Waals surface area contributed by atoms with E-state index in [-0.39, 0.29) is 35.3 Å². The molecular weight excluding hydrogens is 803 g/mol. The Morgan fingerprint density at radius 1 is 0.823 bits per heavy atom. The van der Waals surface area contributed by atoms with Gasteiger partial charge in [-0.3, -0.25) is 19.2 Å². The zero-order valence-corrected chi connectivity index (χ0v) is 35.2. The number of aliphatic hydroxyl groups is 3. The zero-order chi connectivity index (χ0) is 44.9. The number of fused-ring (bicyclic) bond motifs is 5. The number of Topliss-reactive ketones (excluding diaryl/α,β-unsaturated/α-hetero) is 1. The number of amides is 1. The second-order valence-corrected chi connectivity index (χ2v) is 17.4. The van der Waals surface area contributed by atoms with E-state index < -0.39 is 113 Å². The maximum Gasteiger partial charge on any atom is 0.338 e. The van der Waals surface area contributed by atoms with E-state index in [0.29, 0.717) is 5.56 Å². The van der Waals surface area contributed by atoms with Gasteiger partial charge in [-0.2, -0.15) is 0 Å². The summed E-state index contributed by atoms with van der Waals surface area (Å²) < 4.78 is 30.3. The third kappa shape index (κ3) is 7.29. The molecule has 1 amide bonds. The summed E-state index contributed by atoms with van der Waals surface area (Å²) in [5, 5.41) is 40.2. The predicted octanol–water partition coefficient (Wildman–Crippen LogP) is 3.74. The molecule has 7 rings (SSSR count). The molecule has 0 unspecified atom stereocenters. The van der Waals surface area contributed by atoms with Crippen LogP contribution in [0.15, 0.2) is 102 Å². The fraction of sp³-hybridized carbons (Fsp3) is 0.447. The number of carbonyl (C=O) groups excluding carboxylic acids is 6. The van der Waals surface area contributed by atoms with Gasteiger partial charge in [0.2, 0.25) is 0 Å². The van der Waals surface area contributed by atoms with Gasteiger partial charge in [0, 0.05) is 37.7 Å². The number of carbonyl (C=O) groups is 6. The van der Waals surface area contributed by atoms with Gasteiger partial charge in [-0.15, -0.1) is 0 Å². The summed E-state index contributed by atoms with van der Waals surface area (Å²) in [5.41, 5.74) is -7.02. The van der Waals surface area contributed by atoms with E-state index in [1.807, 2.05) is 0 Å². The van der Waals surface area contributed by atoms with Crippen LogP contribution in [0.3, 0.4) is 0 Å². The summed E-state index contributed by atoms with van der Waals surface area (Å²) >= 11 is 0. The maximum absolute atomic E-state index is 15.5. The Balaban J connectivity index is 1.39. The first-order valence-electron chi connectivity index (χ1n) is 20.5. The van der Waals surface area contributed by atoms with Gasteiger partial charge in [-0.05, 0) is 54.8 Å². The highest BCUT2D eigenvalue weighted by Crippen LogP contribution is 2.64. The lowest BCUT2D eigenvalue weighted by molar-refractivity contribution is -0.346. The fourth-order valence-electron chi connectivity index (χ4n) is 10.2. The van der Waals surface area contributed by atoms with Crippen molar-refractivity contribution in [2.75, 3.05) is 6.61 Å². The molecule has 1 saturated heterocycles. The van der Waals surface area contributed by atoms with E-state index >= 15 is 4.79 Å². The van der Waals surface area contributed by atoms with Gasteiger partial charge in [0.25, 0.3) is 5.91 Å². The maximum atomic E-state index is 15.5. The lowest BCUT2D eigenvalue weighted by Gasteiger charge is -2.67. The standard InChI is InChI=1S/C47H51NO14/c1-25-31(60-43(56)36(52)35(28-16-10-7-11-17-28)48-41(54)29-18-12-8-13-19-29)23-47(57)40(61-42(55)30-20-14-9-15-21-30)38-45(6,32(51)22-33-46(38,24-58-33)62-27(3)50)39(53)37(59-26(2)49)34(25)44(47,4)5/h7-21,31-33,35-38,40,51-52,57H,22-24H2,1-6H3,(H,48,54)/t31-,32-,33+,35+,36-,37+,38-,40-,45+,46-,47-/m0/s1. The first-order chi connectivity index (χ1) is 29.3. The topological polar surface area (TPSA) is 221 Å². The van der Waals surface area contributed by atoms with Gasteiger partial charge in [0.15, 0.2) is 23.6 Å². The molecule has 0 aromatic heterocycles. The van der Waals surface area contributed by atoms with E-state index in [4.69, 9.17) is 23.7 Å². The molecule has 328 valence electrons. The van der Waals surface area contributed by atoms with Gasteiger partial charge in [0.1, 0.15) is 23.9 Å². The molecule has 1 heterocycles. The van der Waals surface area contributed by atoms with E-state index in [1.54, 1.807) is 92.7 Å². The number of benzene rings is 3. The molecule has 3 aromatic rings. The van der Waals surface area contributed by atoms with Crippen molar-refractivity contribution < 1.29 is 67.8 Å². The second kappa shape index (κ2) is 16.5. The Hall–Kier alpha value is -5.74. The normalized spacial score (nSPS) is 31.9. The fourth-order valence-corrected chi connectivity index (χ4v) is 10.2. The van der Waals surface area contributed by atoms with Gasteiger partial charge in [-0.1, -0.05) is 80.6 Å². The van der Waals surface area contributed by atoms with E-state index in [0.717, 1.165) is 13.8 Å². The first-order valence-corrected chi connectivity index (χ1v) is 20.5. The van der Waals surface area contributed by atoms with Gasteiger partial charge in [0.05, 0.1) is 35.6 Å². The number of aliphatic hydroxyl groups excluding tert-OH is 2. The Morgan fingerprint density at radius 3 is 1.95 bits per heavy atom. The van der Waals surface area contributed by atoms with E-state index in [9.17, 15) is 39.3 Å². The highest BCUT2D eigenvalue weighted by molar-refractivity contribution is 5.96. The quantitative estimate of drug-likeness (QED) is 0.130. The molecule has 0 radical (unpaired) electrons. The average Bonchev–Trinajstić information content (AvgIpc) is 3.24. The summed E-state index contributed by atoms with van der Waals surface area (Å²) in [6.45, 7) is 7.97. The summed E-state index contributed by atoms with van der Waals surface area (Å²) in [7, 11) is 0. The number of ketones is 1. The zero-order valence-electron chi connectivity index (χ0n) is 35.2. The summed E-state index contributed by atoms with van der Waals surface area (Å²) in [6.07, 6.45) is -10.5. The molecule has 11 atom stereocenters. The van der Waals surface area contributed by atoms with Crippen LogP contribution >= 0.6 is 0 Å². The van der Waals surface area contributed by atoms with Crippen LogP contribution in [0.5, 0.6) is 0 Å². The van der Waals surface area contributed by atoms with Crippen molar-refractivity contribution in [2.24, 2.45) is 16.7 Å². The Bertz CT molecular complexity index is 2280. The summed E-state index contributed by atoms with van der Waals surface area (Å²) in [6, 6.07) is 22.9. The highest BCUT2D eigenvalue weighted by atomic mass is 16.6. The molecule has 15 heteroatoms. The number of rotatable bonds is 10. The van der Waals surface area contributed by atoms with Crippen LogP contribution in [-0.4, -0.2) is 105 Å². The first kappa shape index (κ1) is 44.3. The van der Waals surface area contributed by atoms with Crippen LogP contribution in [0.1, 0.15) is 86.7 Å². The van der Waals surface area contributed by atoms with Gasteiger partial charge in [-0.25, -0.2) is 9.59 Å². The molecule has 62 heavy (non-hydrogen) atoms. The number of ether oxygens (including phenoxy) is 5. The third-order valence-corrected chi connectivity index (χ3v) is 13.5. The van der Waals surface area contributed by atoms with Crippen LogP contribution in [0.2, 0.25) is 0 Å². The molecular formula is C47H51NO14. The molecule has 2 bridgehead atoms. The molecule has 1 aliphatic heterocycles. The average molecular weight is 854 g/mol. The Morgan fingerprint density at radius 2 is 1.40 bits per heavy atom. The molecule has 15 nitrogen and oxygen atoms in total. The van der Waals surface area contributed by atoms with Crippen molar-refractivity contribution in [3.8, 4) is 0 Å². The molecule has 4 aliphatic rings. The summed E-state index contributed by atoms with van der Waals surface area (Å²) in [5.74, 6) is -6.84. The minimum absolute atomic E-state index is 0.00289. The molecule has 0 spiro atoms. The Labute approximate surface area is 358 Å². The SMILES string of the molecule is CC(=O)O[C@H]1C(=O)[C@@]2(C)[C@H]([C@H](OC(=O)c3ccccc3)[C@@]3(O)C[C@H](OC(=O)[C@@H](O)[C@H](NC(=O)c4ccccc4)c4ccccc4)C(C)=C1C3(C)C)[C@]1(OC(C)=O)CO[C@@H]1C[C@@H]2O. The smallest absolute Gasteiger partial charge is 0.338 e. The summed E-state index contributed by atoms with van der Waals surface area (Å²) in [4.78, 5) is 83.5. The lowest BCUT2D eigenvalue weighted by atomic mass is 9.44. The van der Waals surface area contributed by atoms with Crippen LogP contribution in [-0.2, 0) is 42.9 Å². The molecule has 2 saturated carbocycles. The third-order valence-electron chi connectivity index (χ3n) is 13.5. The van der Waals surface area contributed by atoms with Crippen molar-refractivity contribution in [3.63, 3.8) is 0 Å². The van der Waals surface area contributed by atoms with E-state index in [1.165, 1.54) is 26.0 Å². The van der Waals surface area contributed by atoms with Crippen LogP contribution in [0, 0.1) is 16.7 Å². The molecule has 3 aromatic carbocycles. The largest absolute Gasteiger partial charge is 0.456 e. The van der Waals surface area contributed by atoms with Crippen molar-refractivity contribution in [1.29, 1.82) is 0 Å². The minimum Gasteiger partial charge on any atom is -0.456 e. The second-order valence-electron chi connectivity index (χ2n) is 17.4. The van der Waals surface area contributed by atoms with E-state index in [2.05, 4.69) is 5.32 Å². The van der Waals surface area contributed by atoms with Gasteiger partial charge >= 0.3 is 23.9 Å².